The second kappa shape index (κ2) is 6.81. The lowest BCUT2D eigenvalue weighted by atomic mass is 9.98. The second-order valence-corrected chi connectivity index (χ2v) is 6.83. The summed E-state index contributed by atoms with van der Waals surface area (Å²) in [6.45, 7) is 1.14. The minimum absolute atomic E-state index is 0.119. The van der Waals surface area contributed by atoms with Gasteiger partial charge in [0.1, 0.15) is 6.26 Å². The highest BCUT2D eigenvalue weighted by Gasteiger charge is 2.27. The maximum Gasteiger partial charge on any atom is 0.276 e. The van der Waals surface area contributed by atoms with Crippen molar-refractivity contribution in [3.8, 4) is 22.4 Å². The molecule has 5 rings (SSSR count). The van der Waals surface area contributed by atoms with Crippen LogP contribution in [0.5, 0.6) is 0 Å². The fraction of sp³-hybridized carbons (Fsp3) is 0.136. The van der Waals surface area contributed by atoms with Gasteiger partial charge in [0.25, 0.3) is 5.91 Å². The molecule has 6 nitrogen and oxygen atoms in total. The molecule has 0 unspecified atom stereocenters. The predicted molar refractivity (Wildman–Crippen MR) is 104 cm³/mol. The third-order valence-electron chi connectivity index (χ3n) is 5.14. The number of nitrogens with zero attached hydrogens (tertiary/aromatic N) is 3. The molecule has 1 aliphatic heterocycles. The molecule has 0 saturated carbocycles. The lowest BCUT2D eigenvalue weighted by molar-refractivity contribution is 0.0724. The Kier molecular flexibility index (Phi) is 4.01. The maximum absolute atomic E-state index is 12.6. The summed E-state index contributed by atoms with van der Waals surface area (Å²) < 4.78 is 4.81. The lowest BCUT2D eigenvalue weighted by Crippen LogP contribution is -2.36. The van der Waals surface area contributed by atoms with Gasteiger partial charge in [-0.3, -0.25) is 9.89 Å². The molecule has 2 aromatic carbocycles. The number of nitrogens with one attached hydrogen (secondary N) is 1. The van der Waals surface area contributed by atoms with Gasteiger partial charge in [0, 0.05) is 35.9 Å². The first kappa shape index (κ1) is 16.5. The quantitative estimate of drug-likeness (QED) is 0.593. The first-order chi connectivity index (χ1) is 13.8. The molecule has 138 valence electrons. The molecule has 0 saturated heterocycles. The summed E-state index contributed by atoms with van der Waals surface area (Å²) in [7, 11) is 0. The van der Waals surface area contributed by atoms with Crippen LogP contribution in [0.4, 0.5) is 0 Å². The third kappa shape index (κ3) is 2.89. The van der Waals surface area contributed by atoms with E-state index in [-0.39, 0.29) is 5.91 Å². The van der Waals surface area contributed by atoms with Crippen LogP contribution in [0.1, 0.15) is 21.7 Å². The van der Waals surface area contributed by atoms with Gasteiger partial charge in [0.05, 0.1) is 12.2 Å². The highest BCUT2D eigenvalue weighted by Crippen LogP contribution is 2.30. The second-order valence-electron chi connectivity index (χ2n) is 6.83. The number of H-pyrrole nitrogens is 1. The van der Waals surface area contributed by atoms with E-state index in [0.717, 1.165) is 34.5 Å². The zero-order valence-electron chi connectivity index (χ0n) is 15.1. The zero-order chi connectivity index (χ0) is 18.9. The first-order valence-corrected chi connectivity index (χ1v) is 9.21. The summed E-state index contributed by atoms with van der Waals surface area (Å²) in [5.74, 6) is -0.119. The van der Waals surface area contributed by atoms with E-state index in [1.165, 1.54) is 11.8 Å². The fourth-order valence-corrected chi connectivity index (χ4v) is 3.64. The molecule has 28 heavy (non-hydrogen) atoms. The maximum atomic E-state index is 12.6. The van der Waals surface area contributed by atoms with E-state index in [1.54, 1.807) is 11.0 Å². The van der Waals surface area contributed by atoms with Crippen LogP contribution in [0.2, 0.25) is 0 Å². The van der Waals surface area contributed by atoms with E-state index in [1.807, 2.05) is 18.2 Å². The SMILES string of the molecule is O=C(c1ccon1)N1CCc2[nH]nc(-c3ccc(-c4ccccc4)cc3)c2C1. The molecule has 1 aliphatic rings. The number of fused-ring (bicyclic) bond motifs is 1. The van der Waals surface area contributed by atoms with Gasteiger partial charge in [-0.15, -0.1) is 0 Å². The van der Waals surface area contributed by atoms with Gasteiger partial charge in [0.2, 0.25) is 0 Å². The average molecular weight is 370 g/mol. The molecule has 0 aliphatic carbocycles. The van der Waals surface area contributed by atoms with Gasteiger partial charge in [0.15, 0.2) is 5.69 Å². The normalized spacial score (nSPS) is 13.4. The molecule has 0 spiro atoms. The lowest BCUT2D eigenvalue weighted by Gasteiger charge is -2.26. The minimum Gasteiger partial charge on any atom is -0.364 e. The summed E-state index contributed by atoms with van der Waals surface area (Å²) in [4.78, 5) is 14.4. The van der Waals surface area contributed by atoms with Crippen LogP contribution in [0.3, 0.4) is 0 Å². The van der Waals surface area contributed by atoms with E-state index >= 15 is 0 Å². The van der Waals surface area contributed by atoms with Gasteiger partial charge < -0.3 is 9.42 Å². The Labute approximate surface area is 161 Å². The Bertz CT molecular complexity index is 1100. The van der Waals surface area contributed by atoms with Gasteiger partial charge in [-0.25, -0.2) is 0 Å². The smallest absolute Gasteiger partial charge is 0.276 e. The van der Waals surface area contributed by atoms with E-state index in [4.69, 9.17) is 4.52 Å². The number of hydrogen-bond acceptors (Lipinski definition) is 4. The van der Waals surface area contributed by atoms with Crippen molar-refractivity contribution in [2.24, 2.45) is 0 Å². The predicted octanol–water partition coefficient (Wildman–Crippen LogP) is 3.93. The third-order valence-corrected chi connectivity index (χ3v) is 5.14. The largest absolute Gasteiger partial charge is 0.364 e. The number of carbonyl (C=O) groups excluding carboxylic acids is 1. The Balaban J connectivity index is 1.43. The Hall–Kier alpha value is -3.67. The first-order valence-electron chi connectivity index (χ1n) is 9.21. The Morgan fingerprint density at radius 3 is 2.46 bits per heavy atom. The van der Waals surface area contributed by atoms with E-state index in [9.17, 15) is 4.79 Å². The molecule has 0 bridgehead atoms. The number of aromatic amines is 1. The number of hydrogen-bond donors (Lipinski definition) is 1. The van der Waals surface area contributed by atoms with Crippen LogP contribution in [0.15, 0.2) is 71.4 Å². The zero-order valence-corrected chi connectivity index (χ0v) is 15.1. The summed E-state index contributed by atoms with van der Waals surface area (Å²) in [6, 6.07) is 20.2. The number of rotatable bonds is 3. The standard InChI is InChI=1S/C22H18N4O2/c27-22(20-11-13-28-25-20)26-12-10-19-18(14-26)21(24-23-19)17-8-6-16(7-9-17)15-4-2-1-3-5-15/h1-9,11,13H,10,12,14H2,(H,23,24). The monoisotopic (exact) mass is 370 g/mol. The Morgan fingerprint density at radius 2 is 1.71 bits per heavy atom. The van der Waals surface area contributed by atoms with Crippen LogP contribution in [-0.2, 0) is 13.0 Å². The van der Waals surface area contributed by atoms with E-state index < -0.39 is 0 Å². The van der Waals surface area contributed by atoms with Crippen LogP contribution < -0.4 is 0 Å². The molecule has 0 fully saturated rings. The molecule has 1 N–H and O–H groups in total. The molecular weight excluding hydrogens is 352 g/mol. The van der Waals surface area contributed by atoms with E-state index in [0.29, 0.717) is 18.8 Å². The topological polar surface area (TPSA) is 75.0 Å². The molecule has 6 heteroatoms. The number of benzene rings is 2. The number of carbonyl (C=O) groups is 1. The van der Waals surface area contributed by atoms with Crippen LogP contribution in [-0.4, -0.2) is 32.7 Å². The fourth-order valence-electron chi connectivity index (χ4n) is 3.64. The van der Waals surface area contributed by atoms with Crippen LogP contribution >= 0.6 is 0 Å². The highest BCUT2D eigenvalue weighted by molar-refractivity contribution is 5.92. The highest BCUT2D eigenvalue weighted by atomic mass is 16.5. The van der Waals surface area contributed by atoms with Crippen molar-refractivity contribution in [2.45, 2.75) is 13.0 Å². The number of amides is 1. The van der Waals surface area contributed by atoms with Crippen LogP contribution in [0, 0.1) is 0 Å². The molecule has 2 aromatic heterocycles. The van der Waals surface area contributed by atoms with E-state index in [2.05, 4.69) is 51.8 Å². The molecule has 1 amide bonds. The van der Waals surface area contributed by atoms with Gasteiger partial charge in [-0.1, -0.05) is 59.8 Å². The van der Waals surface area contributed by atoms with Crippen molar-refractivity contribution in [3.05, 3.63) is 83.9 Å². The molecule has 0 radical (unpaired) electrons. The Morgan fingerprint density at radius 1 is 0.964 bits per heavy atom. The van der Waals surface area contributed by atoms with Gasteiger partial charge in [-0.2, -0.15) is 5.10 Å². The molecular formula is C22H18N4O2. The van der Waals surface area contributed by atoms with Crippen molar-refractivity contribution >= 4 is 5.91 Å². The van der Waals surface area contributed by atoms with Crippen molar-refractivity contribution < 1.29 is 9.32 Å². The summed E-state index contributed by atoms with van der Waals surface area (Å²) >= 11 is 0. The molecule has 4 aromatic rings. The van der Waals surface area contributed by atoms with Crippen molar-refractivity contribution in [1.29, 1.82) is 0 Å². The summed E-state index contributed by atoms with van der Waals surface area (Å²) in [6.07, 6.45) is 2.16. The van der Waals surface area contributed by atoms with Gasteiger partial charge >= 0.3 is 0 Å². The summed E-state index contributed by atoms with van der Waals surface area (Å²) in [5, 5.41) is 11.4. The van der Waals surface area contributed by atoms with Crippen LogP contribution in [0.25, 0.3) is 22.4 Å². The van der Waals surface area contributed by atoms with Gasteiger partial charge in [-0.05, 0) is 11.1 Å². The van der Waals surface area contributed by atoms with Crippen molar-refractivity contribution in [1.82, 2.24) is 20.3 Å². The minimum atomic E-state index is -0.119. The summed E-state index contributed by atoms with van der Waals surface area (Å²) in [5.41, 5.74) is 6.77. The number of aromatic nitrogens is 3. The van der Waals surface area contributed by atoms with Crippen molar-refractivity contribution in [3.63, 3.8) is 0 Å². The molecule has 0 atom stereocenters. The molecule has 3 heterocycles. The average Bonchev–Trinajstić information content (AvgIpc) is 3.44. The van der Waals surface area contributed by atoms with Crippen molar-refractivity contribution in [2.75, 3.05) is 6.54 Å².